The molecule has 0 spiro atoms. The van der Waals surface area contributed by atoms with E-state index in [4.69, 9.17) is 23.7 Å². The minimum absolute atomic E-state index is 0.115. The van der Waals surface area contributed by atoms with Crippen molar-refractivity contribution in [1.82, 2.24) is 4.90 Å². The Morgan fingerprint density at radius 3 is 2.62 bits per heavy atom. The lowest BCUT2D eigenvalue weighted by atomic mass is 9.80. The molecular formula is C21H21NO7. The number of aliphatic hydroxyl groups is 1. The van der Waals surface area contributed by atoms with E-state index in [1.807, 2.05) is 6.07 Å². The Morgan fingerprint density at radius 1 is 1.10 bits per heavy atom. The van der Waals surface area contributed by atoms with Crippen LogP contribution in [-0.4, -0.2) is 50.6 Å². The van der Waals surface area contributed by atoms with Crippen LogP contribution in [0.5, 0.6) is 28.7 Å². The lowest BCUT2D eigenvalue weighted by Crippen LogP contribution is -2.46. The molecule has 0 aromatic heterocycles. The number of benzene rings is 2. The first-order valence-electron chi connectivity index (χ1n) is 9.34. The molecule has 1 N–H and O–H groups in total. The lowest BCUT2D eigenvalue weighted by Gasteiger charge is -2.44. The molecule has 0 bridgehead atoms. The molecule has 0 saturated carbocycles. The highest BCUT2D eigenvalue weighted by molar-refractivity contribution is 6.01. The topological polar surface area (TPSA) is 86.7 Å². The Morgan fingerprint density at radius 2 is 1.90 bits per heavy atom. The van der Waals surface area contributed by atoms with Crippen LogP contribution in [0.25, 0.3) is 0 Å². The Kier molecular flexibility index (Phi) is 3.99. The normalized spacial score (nSPS) is 21.2. The van der Waals surface area contributed by atoms with Gasteiger partial charge in [-0.15, -0.1) is 0 Å². The average Bonchev–Trinajstić information content (AvgIpc) is 3.22. The van der Waals surface area contributed by atoms with Gasteiger partial charge in [0.25, 0.3) is 5.91 Å². The van der Waals surface area contributed by atoms with E-state index in [0.717, 1.165) is 11.1 Å². The van der Waals surface area contributed by atoms with E-state index in [2.05, 4.69) is 0 Å². The van der Waals surface area contributed by atoms with Crippen LogP contribution in [0.1, 0.15) is 39.2 Å². The van der Waals surface area contributed by atoms with Crippen molar-refractivity contribution in [2.75, 3.05) is 34.7 Å². The van der Waals surface area contributed by atoms with Gasteiger partial charge < -0.3 is 33.7 Å². The molecule has 1 amide bonds. The molecule has 29 heavy (non-hydrogen) atoms. The van der Waals surface area contributed by atoms with E-state index in [9.17, 15) is 9.90 Å². The number of hydrogen-bond donors (Lipinski definition) is 1. The highest BCUT2D eigenvalue weighted by atomic mass is 16.7. The highest BCUT2D eigenvalue weighted by Crippen LogP contribution is 2.55. The predicted molar refractivity (Wildman–Crippen MR) is 101 cm³/mol. The van der Waals surface area contributed by atoms with Crippen LogP contribution in [0.2, 0.25) is 0 Å². The molecule has 0 unspecified atom stereocenters. The third-order valence-electron chi connectivity index (χ3n) is 5.87. The maximum Gasteiger partial charge on any atom is 0.258 e. The molecule has 0 saturated heterocycles. The molecule has 2 aromatic rings. The zero-order valence-electron chi connectivity index (χ0n) is 16.4. The van der Waals surface area contributed by atoms with Crippen molar-refractivity contribution in [2.24, 2.45) is 0 Å². The van der Waals surface area contributed by atoms with Gasteiger partial charge in [0, 0.05) is 12.1 Å². The summed E-state index contributed by atoms with van der Waals surface area (Å²) >= 11 is 0. The van der Waals surface area contributed by atoms with Gasteiger partial charge in [0.05, 0.1) is 32.9 Å². The maximum atomic E-state index is 13.5. The van der Waals surface area contributed by atoms with Gasteiger partial charge in [-0.3, -0.25) is 4.79 Å². The highest BCUT2D eigenvalue weighted by Gasteiger charge is 2.47. The van der Waals surface area contributed by atoms with E-state index >= 15 is 0 Å². The summed E-state index contributed by atoms with van der Waals surface area (Å²) in [5.41, 5.74) is 2.56. The molecule has 5 rings (SSSR count). The third-order valence-corrected chi connectivity index (χ3v) is 5.87. The summed E-state index contributed by atoms with van der Waals surface area (Å²) in [6, 6.07) is 4.73. The number of aliphatic hydroxyl groups excluding tert-OH is 1. The number of hydrogen-bond acceptors (Lipinski definition) is 7. The standard InChI is InChI=1S/C21H21NO7/c1-25-12-5-4-11-15(18(12)26-2)21(24)22-7-6-10-8-13-19(29-9-28-13)20(27-3)14(10)16(22)17(11)23/h4-5,8,16-17,23H,6-7,9H2,1-3H3/t16-,17-/m1/s1. The van der Waals surface area contributed by atoms with Crippen LogP contribution < -0.4 is 23.7 Å². The number of nitrogens with zero attached hydrogens (tertiary/aromatic N) is 1. The minimum atomic E-state index is -0.962. The second kappa shape index (κ2) is 6.45. The van der Waals surface area contributed by atoms with Crippen LogP contribution >= 0.6 is 0 Å². The largest absolute Gasteiger partial charge is 0.493 e. The SMILES string of the molecule is COc1ccc2c(c1OC)C(=O)N1CCc3cc4c(c(OC)c3[C@@H]1[C@@H]2O)OCO4. The number of carbonyl (C=O) groups excluding carboxylic acids is 1. The van der Waals surface area contributed by atoms with Crippen molar-refractivity contribution in [2.45, 2.75) is 18.6 Å². The Bertz CT molecular complexity index is 1020. The molecule has 0 aliphatic carbocycles. The molecular weight excluding hydrogens is 378 g/mol. The zero-order chi connectivity index (χ0) is 20.3. The lowest BCUT2D eigenvalue weighted by molar-refractivity contribution is 0.0199. The fraction of sp³-hybridized carbons (Fsp3) is 0.381. The summed E-state index contributed by atoms with van der Waals surface area (Å²) in [5, 5.41) is 11.4. The first-order valence-corrected chi connectivity index (χ1v) is 9.34. The van der Waals surface area contributed by atoms with Crippen LogP contribution in [0.4, 0.5) is 0 Å². The smallest absolute Gasteiger partial charge is 0.258 e. The molecule has 2 aromatic carbocycles. The van der Waals surface area contributed by atoms with Gasteiger partial charge in [0.1, 0.15) is 6.10 Å². The maximum absolute atomic E-state index is 13.5. The summed E-state index contributed by atoms with van der Waals surface area (Å²) in [7, 11) is 4.55. The molecule has 0 radical (unpaired) electrons. The van der Waals surface area contributed by atoms with Gasteiger partial charge in [0.2, 0.25) is 12.5 Å². The van der Waals surface area contributed by atoms with Crippen LogP contribution in [-0.2, 0) is 6.42 Å². The van der Waals surface area contributed by atoms with Gasteiger partial charge in [-0.2, -0.15) is 0 Å². The van der Waals surface area contributed by atoms with E-state index in [1.165, 1.54) is 14.2 Å². The molecule has 2 atom stereocenters. The Balaban J connectivity index is 1.72. The van der Waals surface area contributed by atoms with Gasteiger partial charge in [0.15, 0.2) is 23.0 Å². The zero-order valence-corrected chi connectivity index (χ0v) is 16.4. The summed E-state index contributed by atoms with van der Waals surface area (Å²) in [6.45, 7) is 0.570. The minimum Gasteiger partial charge on any atom is -0.493 e. The van der Waals surface area contributed by atoms with Crippen molar-refractivity contribution in [3.63, 3.8) is 0 Å². The molecule has 3 heterocycles. The summed E-state index contributed by atoms with van der Waals surface area (Å²) in [6.07, 6.45) is -0.352. The van der Waals surface area contributed by atoms with Gasteiger partial charge in [-0.1, -0.05) is 6.07 Å². The first kappa shape index (κ1) is 17.9. The summed E-state index contributed by atoms with van der Waals surface area (Å²) in [5.74, 6) is 2.19. The average molecular weight is 399 g/mol. The second-order valence-electron chi connectivity index (χ2n) is 7.12. The number of methoxy groups -OCH3 is 3. The van der Waals surface area contributed by atoms with E-state index in [1.54, 1.807) is 24.1 Å². The van der Waals surface area contributed by atoms with Crippen LogP contribution in [0, 0.1) is 0 Å². The number of amides is 1. The van der Waals surface area contributed by atoms with Crippen molar-refractivity contribution < 1.29 is 33.6 Å². The van der Waals surface area contributed by atoms with Crippen molar-refractivity contribution >= 4 is 5.91 Å². The fourth-order valence-corrected chi connectivity index (χ4v) is 4.63. The predicted octanol–water partition coefficient (Wildman–Crippen LogP) is 2.23. The first-order chi connectivity index (χ1) is 14.1. The van der Waals surface area contributed by atoms with E-state index in [-0.39, 0.29) is 12.7 Å². The summed E-state index contributed by atoms with van der Waals surface area (Å²) < 4.78 is 27.6. The Hall–Kier alpha value is -3.13. The van der Waals surface area contributed by atoms with Crippen LogP contribution in [0.3, 0.4) is 0 Å². The number of ether oxygens (including phenoxy) is 5. The molecule has 3 aliphatic rings. The molecule has 8 heteroatoms. The van der Waals surface area contributed by atoms with E-state index < -0.39 is 12.1 Å². The fourth-order valence-electron chi connectivity index (χ4n) is 4.63. The molecule has 3 aliphatic heterocycles. The number of rotatable bonds is 3. The van der Waals surface area contributed by atoms with Gasteiger partial charge in [-0.05, 0) is 29.7 Å². The van der Waals surface area contributed by atoms with Crippen molar-refractivity contribution in [3.8, 4) is 28.7 Å². The number of carbonyl (C=O) groups is 1. The van der Waals surface area contributed by atoms with Crippen LogP contribution in [0.15, 0.2) is 18.2 Å². The van der Waals surface area contributed by atoms with Gasteiger partial charge >= 0.3 is 0 Å². The molecule has 152 valence electrons. The quantitative estimate of drug-likeness (QED) is 0.847. The monoisotopic (exact) mass is 399 g/mol. The molecule has 8 nitrogen and oxygen atoms in total. The Labute approximate surface area is 167 Å². The van der Waals surface area contributed by atoms with Crippen molar-refractivity contribution in [1.29, 1.82) is 0 Å². The summed E-state index contributed by atoms with van der Waals surface area (Å²) in [4.78, 5) is 15.1. The number of fused-ring (bicyclic) bond motifs is 5. The van der Waals surface area contributed by atoms with Crippen molar-refractivity contribution in [3.05, 3.63) is 40.5 Å². The van der Waals surface area contributed by atoms with Gasteiger partial charge in [-0.25, -0.2) is 0 Å². The third kappa shape index (κ3) is 2.32. The van der Waals surface area contributed by atoms with E-state index in [0.29, 0.717) is 52.8 Å². The second-order valence-corrected chi connectivity index (χ2v) is 7.12. The molecule has 0 fully saturated rings.